The highest BCUT2D eigenvalue weighted by Crippen LogP contribution is 2.49. The molecule has 1 aliphatic carbocycles. The first kappa shape index (κ1) is 22.8. The number of hydrogen-bond donors (Lipinski definition) is 0. The maximum atomic E-state index is 12.3. The van der Waals surface area contributed by atoms with Crippen LogP contribution < -0.4 is 0 Å². The predicted octanol–water partition coefficient (Wildman–Crippen LogP) is 3.25. The molecule has 1 saturated heterocycles. The molecule has 9 nitrogen and oxygen atoms in total. The number of hydrogen-bond acceptors (Lipinski definition) is 8. The minimum absolute atomic E-state index is 0.208. The fourth-order valence-corrected chi connectivity index (χ4v) is 5.03. The van der Waals surface area contributed by atoms with Crippen LogP contribution in [0.25, 0.3) is 0 Å². The van der Waals surface area contributed by atoms with E-state index in [1.54, 1.807) is 12.1 Å². The molecule has 2 aliphatic rings. The normalized spacial score (nSPS) is 34.6. The average Bonchev–Trinajstić information content (AvgIpc) is 3.17. The van der Waals surface area contributed by atoms with Gasteiger partial charge < -0.3 is 23.1 Å². The Bertz CT molecular complexity index is 817. The van der Waals surface area contributed by atoms with Crippen LogP contribution in [-0.2, 0) is 23.4 Å². The van der Waals surface area contributed by atoms with Crippen LogP contribution >= 0.6 is 0 Å². The van der Waals surface area contributed by atoms with E-state index in [1.807, 2.05) is 33.9 Å². The molecule has 1 aromatic heterocycles. The molecule has 0 amide bonds. The van der Waals surface area contributed by atoms with Crippen LogP contribution in [-0.4, -0.2) is 57.0 Å². The molecule has 3 rings (SSSR count). The third-order valence-electron chi connectivity index (χ3n) is 6.42. The molecule has 10 heteroatoms. The maximum absolute atomic E-state index is 12.3. The molecule has 6 atom stereocenters. The van der Waals surface area contributed by atoms with Crippen molar-refractivity contribution in [2.75, 3.05) is 7.11 Å². The summed E-state index contributed by atoms with van der Waals surface area (Å²) in [6, 6.07) is 2.06. The van der Waals surface area contributed by atoms with Gasteiger partial charge in [-0.2, -0.15) is 0 Å². The predicted molar refractivity (Wildman–Crippen MR) is 109 cm³/mol. The number of carbonyl (C=O) groups is 1. The molecule has 2 heterocycles. The quantitative estimate of drug-likeness (QED) is 0.218. The van der Waals surface area contributed by atoms with E-state index in [0.29, 0.717) is 17.6 Å². The van der Waals surface area contributed by atoms with Gasteiger partial charge in [0.1, 0.15) is 30.0 Å². The van der Waals surface area contributed by atoms with Crippen molar-refractivity contribution in [3.8, 4) is 0 Å². The molecular formula is C20H29NO8Si. The highest BCUT2D eigenvalue weighted by molar-refractivity contribution is 6.74. The van der Waals surface area contributed by atoms with Crippen LogP contribution in [0.15, 0.2) is 35.0 Å². The number of carbonyl (C=O) groups excluding carboxylic acids is 1. The minimum atomic E-state index is -2.47. The van der Waals surface area contributed by atoms with Gasteiger partial charge in [0.2, 0.25) is 6.29 Å². The lowest BCUT2D eigenvalue weighted by atomic mass is 9.74. The van der Waals surface area contributed by atoms with Gasteiger partial charge in [0, 0.05) is 12.0 Å². The van der Waals surface area contributed by atoms with E-state index in [1.165, 1.54) is 13.4 Å². The van der Waals surface area contributed by atoms with Crippen LogP contribution in [0.2, 0.25) is 18.1 Å². The van der Waals surface area contributed by atoms with Crippen molar-refractivity contribution in [3.63, 3.8) is 0 Å². The van der Waals surface area contributed by atoms with Gasteiger partial charge in [-0.3, -0.25) is 14.9 Å². The fourth-order valence-electron chi connectivity index (χ4n) is 3.74. The Balaban J connectivity index is 2.16. The largest absolute Gasteiger partial charge is 0.469 e. The first-order valence-electron chi connectivity index (χ1n) is 9.78. The van der Waals surface area contributed by atoms with Crippen molar-refractivity contribution in [3.05, 3.63) is 46.4 Å². The van der Waals surface area contributed by atoms with E-state index >= 15 is 0 Å². The highest BCUT2D eigenvalue weighted by Gasteiger charge is 2.64. The second kappa shape index (κ2) is 7.68. The van der Waals surface area contributed by atoms with Crippen LogP contribution in [0.5, 0.6) is 0 Å². The van der Waals surface area contributed by atoms with Gasteiger partial charge >= 0.3 is 5.97 Å². The summed E-state index contributed by atoms with van der Waals surface area (Å²) in [7, 11) is -1.20. The zero-order chi connectivity index (χ0) is 22.5. The molecule has 0 N–H and O–H groups in total. The van der Waals surface area contributed by atoms with E-state index in [0.717, 1.165) is 0 Å². The first-order chi connectivity index (χ1) is 13.9. The van der Waals surface area contributed by atoms with E-state index in [4.69, 9.17) is 23.1 Å². The van der Waals surface area contributed by atoms with Gasteiger partial charge in [-0.25, -0.2) is 0 Å². The van der Waals surface area contributed by atoms with Crippen molar-refractivity contribution in [2.24, 2.45) is 0 Å². The summed E-state index contributed by atoms with van der Waals surface area (Å²) >= 11 is 0. The molecule has 0 radical (unpaired) electrons. The Kier molecular flexibility index (Phi) is 5.85. The summed E-state index contributed by atoms with van der Waals surface area (Å²) in [5.41, 5.74) is 0.452. The number of aldehydes is 1. The molecular weight excluding hydrogens is 410 g/mol. The van der Waals surface area contributed by atoms with Crippen LogP contribution in [0.1, 0.15) is 32.4 Å². The van der Waals surface area contributed by atoms with E-state index < -0.39 is 44.6 Å². The van der Waals surface area contributed by atoms with Gasteiger partial charge in [-0.05, 0) is 35.8 Å². The molecule has 2 fully saturated rings. The van der Waals surface area contributed by atoms with Crippen molar-refractivity contribution >= 4 is 14.6 Å². The van der Waals surface area contributed by atoms with Crippen LogP contribution in [0.4, 0.5) is 0 Å². The number of methoxy groups -OCH3 is 1. The summed E-state index contributed by atoms with van der Waals surface area (Å²) in [5.74, 6) is -2.52. The Morgan fingerprint density at radius 3 is 2.40 bits per heavy atom. The number of nitrogens with zero attached hydrogens (tertiary/aromatic N) is 1. The maximum Gasteiger partial charge on any atom is 0.344 e. The summed E-state index contributed by atoms with van der Waals surface area (Å²) in [6.45, 7) is 14.2. The first-order valence-corrected chi connectivity index (χ1v) is 12.7. The van der Waals surface area contributed by atoms with Crippen molar-refractivity contribution in [2.45, 2.75) is 75.1 Å². The van der Waals surface area contributed by atoms with Crippen LogP contribution in [0, 0.1) is 10.1 Å². The molecule has 30 heavy (non-hydrogen) atoms. The second-order valence-electron chi connectivity index (χ2n) is 9.24. The summed E-state index contributed by atoms with van der Waals surface area (Å²) in [5, 5.41) is 12.1. The number of furan rings is 1. The lowest BCUT2D eigenvalue weighted by molar-refractivity contribution is -0.554. The van der Waals surface area contributed by atoms with E-state index in [9.17, 15) is 14.9 Å². The lowest BCUT2D eigenvalue weighted by Crippen LogP contribution is -2.68. The van der Waals surface area contributed by atoms with Gasteiger partial charge in [-0.1, -0.05) is 27.4 Å². The number of nitro groups is 1. The SMILES string of the molecule is C=C1C2O[C@](C=O)(OC)OC1[C@H](O[Si](C)(C)C(C)(C)C)[C@@H]([N+](=O)[O-])[C@@H]2c1ccco1. The zero-order valence-electron chi connectivity index (χ0n) is 18.1. The van der Waals surface area contributed by atoms with Gasteiger partial charge in [-0.15, -0.1) is 0 Å². The summed E-state index contributed by atoms with van der Waals surface area (Å²) in [6.07, 6.45) is -1.04. The molecule has 1 aromatic rings. The average molecular weight is 440 g/mol. The minimum Gasteiger partial charge on any atom is -0.469 e. The highest BCUT2D eigenvalue weighted by atomic mass is 28.4. The lowest BCUT2D eigenvalue weighted by Gasteiger charge is -2.52. The van der Waals surface area contributed by atoms with E-state index in [2.05, 4.69) is 6.58 Å². The zero-order valence-corrected chi connectivity index (χ0v) is 19.1. The van der Waals surface area contributed by atoms with E-state index in [-0.39, 0.29) is 9.96 Å². The Morgan fingerprint density at radius 2 is 1.93 bits per heavy atom. The number of rotatable bonds is 6. The Morgan fingerprint density at radius 1 is 1.30 bits per heavy atom. The van der Waals surface area contributed by atoms with Crippen LogP contribution in [0.3, 0.4) is 0 Å². The second-order valence-corrected chi connectivity index (χ2v) is 14.0. The molecule has 0 aromatic carbocycles. The Labute approximate surface area is 176 Å². The molecule has 1 aliphatic heterocycles. The third-order valence-corrected chi connectivity index (χ3v) is 10.9. The Hall–Kier alpha value is -1.85. The van der Waals surface area contributed by atoms with Crippen molar-refractivity contribution in [1.29, 1.82) is 0 Å². The number of ether oxygens (including phenoxy) is 3. The molecule has 2 unspecified atom stereocenters. The number of fused-ring (bicyclic) bond motifs is 2. The van der Waals surface area contributed by atoms with Crippen molar-refractivity contribution < 1.29 is 32.8 Å². The molecule has 2 bridgehead atoms. The standard InChI is InChI=1S/C20H29NO8Si/c1-12-16-14(13-9-8-10-26-13)15(21(23)24)18(29-30(6,7)19(2,3)4)17(12)28-20(11-22,25-5)27-16/h8-11,14-18H,1H2,2-7H3/t14-,15-,16?,17?,18+,20-/m0/s1. The fraction of sp³-hybridized carbons (Fsp3) is 0.650. The van der Waals surface area contributed by atoms with Crippen molar-refractivity contribution in [1.82, 2.24) is 0 Å². The topological polar surface area (TPSA) is 110 Å². The smallest absolute Gasteiger partial charge is 0.344 e. The van der Waals surface area contributed by atoms with Gasteiger partial charge in [0.25, 0.3) is 6.04 Å². The van der Waals surface area contributed by atoms with Gasteiger partial charge in [0.05, 0.1) is 6.26 Å². The summed E-state index contributed by atoms with van der Waals surface area (Å²) < 4.78 is 28.9. The molecule has 1 saturated carbocycles. The monoisotopic (exact) mass is 439 g/mol. The summed E-state index contributed by atoms with van der Waals surface area (Å²) in [4.78, 5) is 23.7. The molecule has 0 spiro atoms. The third kappa shape index (κ3) is 3.67. The molecule has 166 valence electrons. The van der Waals surface area contributed by atoms with Gasteiger partial charge in [0.15, 0.2) is 8.32 Å².